The fourth-order valence-corrected chi connectivity index (χ4v) is 6.07. The Morgan fingerprint density at radius 1 is 1.11 bits per heavy atom. The van der Waals surface area contributed by atoms with Gasteiger partial charge in [0.25, 0.3) is 0 Å². The lowest BCUT2D eigenvalue weighted by atomic mass is 9.71. The van der Waals surface area contributed by atoms with E-state index in [9.17, 15) is 14.7 Å². The van der Waals surface area contributed by atoms with E-state index in [-0.39, 0.29) is 34.3 Å². The Morgan fingerprint density at radius 2 is 1.84 bits per heavy atom. The number of aromatic hydroxyl groups is 1. The van der Waals surface area contributed by atoms with Gasteiger partial charge in [0.05, 0.1) is 17.2 Å². The Balaban J connectivity index is 1.60. The van der Waals surface area contributed by atoms with Crippen LogP contribution in [0.5, 0.6) is 11.5 Å². The number of dihydropyridines is 1. The van der Waals surface area contributed by atoms with E-state index in [0.29, 0.717) is 41.9 Å². The summed E-state index contributed by atoms with van der Waals surface area (Å²) in [5.74, 6) is -1.01. The van der Waals surface area contributed by atoms with Crippen molar-refractivity contribution >= 4 is 23.4 Å². The smallest absolute Gasteiger partial charge is 0.337 e. The van der Waals surface area contributed by atoms with E-state index in [0.717, 1.165) is 36.9 Å². The first kappa shape index (κ1) is 25.4. The van der Waals surface area contributed by atoms with E-state index in [1.807, 2.05) is 44.2 Å². The molecule has 1 saturated carbocycles. The van der Waals surface area contributed by atoms with Crippen LogP contribution in [0.3, 0.4) is 0 Å². The molecule has 0 saturated heterocycles. The van der Waals surface area contributed by atoms with Gasteiger partial charge < -0.3 is 19.9 Å². The minimum Gasteiger partial charge on any atom is -0.503 e. The summed E-state index contributed by atoms with van der Waals surface area (Å²) in [5, 5.41) is 14.0. The van der Waals surface area contributed by atoms with Crippen molar-refractivity contribution in [3.8, 4) is 11.5 Å². The molecule has 2 atom stereocenters. The van der Waals surface area contributed by atoms with Crippen molar-refractivity contribution in [3.63, 3.8) is 0 Å². The molecule has 2 aromatic carbocycles. The fraction of sp³-hybridized carbons (Fsp3) is 0.400. The fourth-order valence-electron chi connectivity index (χ4n) is 5.85. The minimum atomic E-state index is -0.674. The largest absolute Gasteiger partial charge is 0.503 e. The number of hydrogen-bond acceptors (Lipinski definition) is 6. The highest BCUT2D eigenvalue weighted by Crippen LogP contribution is 2.48. The molecule has 2 aromatic rings. The summed E-state index contributed by atoms with van der Waals surface area (Å²) in [7, 11) is 0. The number of nitrogens with one attached hydrogen (secondary N) is 1. The van der Waals surface area contributed by atoms with Crippen LogP contribution in [0, 0.1) is 0 Å². The van der Waals surface area contributed by atoms with Crippen LogP contribution in [0.15, 0.2) is 65.0 Å². The zero-order valence-electron chi connectivity index (χ0n) is 21.2. The third kappa shape index (κ3) is 4.99. The highest BCUT2D eigenvalue weighted by atomic mass is 35.5. The molecule has 194 valence electrons. The molecule has 2 N–H and O–H groups in total. The second kappa shape index (κ2) is 10.6. The quantitative estimate of drug-likeness (QED) is 0.434. The molecule has 6 nitrogen and oxygen atoms in total. The van der Waals surface area contributed by atoms with E-state index in [1.165, 1.54) is 0 Å². The Hall–Kier alpha value is -3.25. The first-order valence-electron chi connectivity index (χ1n) is 13.0. The van der Waals surface area contributed by atoms with Crippen LogP contribution in [0.1, 0.15) is 75.3 Å². The number of phenolic OH excluding ortho intramolecular Hbond substituents is 1. The highest BCUT2D eigenvalue weighted by Gasteiger charge is 2.42. The molecule has 37 heavy (non-hydrogen) atoms. The molecule has 3 aliphatic rings. The monoisotopic (exact) mass is 521 g/mol. The molecule has 0 bridgehead atoms. The molecule has 0 aromatic heterocycles. The lowest BCUT2D eigenvalue weighted by Crippen LogP contribution is -2.36. The van der Waals surface area contributed by atoms with Crippen LogP contribution in [-0.4, -0.2) is 29.6 Å². The maximum absolute atomic E-state index is 13.8. The Bertz CT molecular complexity index is 1280. The molecule has 7 heteroatoms. The third-order valence-electron chi connectivity index (χ3n) is 7.58. The van der Waals surface area contributed by atoms with Gasteiger partial charge in [-0.25, -0.2) is 4.79 Å². The van der Waals surface area contributed by atoms with Crippen LogP contribution in [-0.2, 0) is 14.3 Å². The summed E-state index contributed by atoms with van der Waals surface area (Å²) >= 11 is 6.41. The van der Waals surface area contributed by atoms with Crippen molar-refractivity contribution < 1.29 is 24.2 Å². The number of allylic oxidation sites excluding steroid dienone is 3. The van der Waals surface area contributed by atoms with Crippen LogP contribution >= 0.6 is 11.6 Å². The van der Waals surface area contributed by atoms with Gasteiger partial charge in [-0.05, 0) is 75.1 Å². The lowest BCUT2D eigenvalue weighted by Gasteiger charge is -2.37. The topological polar surface area (TPSA) is 84.9 Å². The number of halogens is 1. The second-order valence-corrected chi connectivity index (χ2v) is 10.4. The molecule has 1 heterocycles. The van der Waals surface area contributed by atoms with Gasteiger partial charge in [0.1, 0.15) is 6.10 Å². The SMILES string of the molecule is CCOc1cc([C@@H]2C(C(=O)OC3CCCC3)=C(C)NC3=C2C(=O)C[C@H](c2ccccc2)C3)cc(Cl)c1O. The number of ketones is 1. The number of carbonyl (C=O) groups excluding carboxylic acids is 2. The normalized spacial score (nSPS) is 22.1. The predicted molar refractivity (Wildman–Crippen MR) is 142 cm³/mol. The average Bonchev–Trinajstić information content (AvgIpc) is 3.39. The molecule has 0 radical (unpaired) electrons. The van der Waals surface area contributed by atoms with Gasteiger partial charge in [-0.2, -0.15) is 0 Å². The minimum absolute atomic E-state index is 0.0200. The standard InChI is InChI=1S/C30H32ClNO5/c1-3-36-25-16-20(13-22(31)29(25)34)27-26(30(35)37-21-11-7-8-12-21)17(2)32-23-14-19(15-24(33)28(23)27)18-9-5-4-6-10-18/h4-6,9-10,13,16,19,21,27,32,34H,3,7-8,11-12,14-15H2,1-2H3/t19-,27-/m1/s1. The zero-order chi connectivity index (χ0) is 26.1. The van der Waals surface area contributed by atoms with E-state index in [1.54, 1.807) is 12.1 Å². The number of esters is 1. The molecule has 0 amide bonds. The summed E-state index contributed by atoms with van der Waals surface area (Å²) in [6, 6.07) is 13.3. The van der Waals surface area contributed by atoms with Gasteiger partial charge in [0.2, 0.25) is 0 Å². The summed E-state index contributed by atoms with van der Waals surface area (Å²) < 4.78 is 11.6. The highest BCUT2D eigenvalue weighted by molar-refractivity contribution is 6.32. The number of rotatable bonds is 6. The summed E-state index contributed by atoms with van der Waals surface area (Å²) in [6.07, 6.45) is 4.65. The van der Waals surface area contributed by atoms with E-state index >= 15 is 0 Å². The summed E-state index contributed by atoms with van der Waals surface area (Å²) in [4.78, 5) is 27.4. The van der Waals surface area contributed by atoms with Crippen molar-refractivity contribution in [2.75, 3.05) is 6.61 Å². The number of ether oxygens (including phenoxy) is 2. The number of hydrogen-bond donors (Lipinski definition) is 2. The van der Waals surface area contributed by atoms with Gasteiger partial charge in [-0.1, -0.05) is 41.9 Å². The number of Topliss-reactive ketones (excluding diaryl/α,β-unsaturated/α-hetero) is 1. The van der Waals surface area contributed by atoms with Crippen LogP contribution in [0.4, 0.5) is 0 Å². The second-order valence-electron chi connectivity index (χ2n) is 10.0. The molecule has 0 unspecified atom stereocenters. The number of benzene rings is 2. The Kier molecular flexibility index (Phi) is 7.29. The Labute approximate surface area is 222 Å². The van der Waals surface area contributed by atoms with Crippen LogP contribution in [0.2, 0.25) is 5.02 Å². The molecule has 2 aliphatic carbocycles. The van der Waals surface area contributed by atoms with Gasteiger partial charge >= 0.3 is 5.97 Å². The molecule has 5 rings (SSSR count). The first-order chi connectivity index (χ1) is 17.9. The first-order valence-corrected chi connectivity index (χ1v) is 13.4. The van der Waals surface area contributed by atoms with Gasteiger partial charge in [-0.15, -0.1) is 0 Å². The molecule has 1 aliphatic heterocycles. The lowest BCUT2D eigenvalue weighted by molar-refractivity contribution is -0.144. The third-order valence-corrected chi connectivity index (χ3v) is 7.87. The van der Waals surface area contributed by atoms with E-state index in [2.05, 4.69) is 5.32 Å². The van der Waals surface area contributed by atoms with Crippen LogP contribution < -0.4 is 10.1 Å². The van der Waals surface area contributed by atoms with Crippen molar-refractivity contribution in [1.29, 1.82) is 0 Å². The summed E-state index contributed by atoms with van der Waals surface area (Å²) in [6.45, 7) is 3.99. The van der Waals surface area contributed by atoms with Crippen molar-refractivity contribution in [2.24, 2.45) is 0 Å². The Morgan fingerprint density at radius 3 is 2.54 bits per heavy atom. The van der Waals surface area contributed by atoms with Gasteiger partial charge in [0.15, 0.2) is 17.3 Å². The van der Waals surface area contributed by atoms with Gasteiger partial charge in [-0.3, -0.25) is 4.79 Å². The molecular weight excluding hydrogens is 490 g/mol. The van der Waals surface area contributed by atoms with Crippen LogP contribution in [0.25, 0.3) is 0 Å². The van der Waals surface area contributed by atoms with E-state index in [4.69, 9.17) is 21.1 Å². The van der Waals surface area contributed by atoms with Crippen molar-refractivity contribution in [3.05, 3.63) is 81.2 Å². The molecule has 1 fully saturated rings. The summed E-state index contributed by atoms with van der Waals surface area (Å²) in [5.41, 5.74) is 4.16. The van der Waals surface area contributed by atoms with Crippen molar-refractivity contribution in [2.45, 2.75) is 70.3 Å². The average molecular weight is 522 g/mol. The number of phenols is 1. The van der Waals surface area contributed by atoms with Crippen molar-refractivity contribution in [1.82, 2.24) is 5.32 Å². The zero-order valence-corrected chi connectivity index (χ0v) is 21.9. The predicted octanol–water partition coefficient (Wildman–Crippen LogP) is 6.29. The molecule has 0 spiro atoms. The van der Waals surface area contributed by atoms with E-state index < -0.39 is 11.9 Å². The maximum atomic E-state index is 13.8. The maximum Gasteiger partial charge on any atom is 0.337 e. The van der Waals surface area contributed by atoms with Gasteiger partial charge in [0, 0.05) is 29.3 Å². The number of carbonyl (C=O) groups is 2. The molecular formula is C30H32ClNO5.